The lowest BCUT2D eigenvalue weighted by atomic mass is 9.98. The Morgan fingerprint density at radius 2 is 1.62 bits per heavy atom. The van der Waals surface area contributed by atoms with Crippen LogP contribution in [0.1, 0.15) is 42.7 Å². The summed E-state index contributed by atoms with van der Waals surface area (Å²) in [5.41, 5.74) is 4.37. The van der Waals surface area contributed by atoms with E-state index in [4.69, 9.17) is 9.84 Å². The summed E-state index contributed by atoms with van der Waals surface area (Å²) in [5, 5.41) is 23.8. The number of ether oxygens (including phenoxy) is 1. The summed E-state index contributed by atoms with van der Waals surface area (Å²) in [5.74, 6) is -1.28. The molecule has 0 bridgehead atoms. The number of nitrogens with one attached hydrogen (secondary N) is 2. The second kappa shape index (κ2) is 10.7. The van der Waals surface area contributed by atoms with Crippen LogP contribution in [-0.2, 0) is 14.3 Å². The number of alkyl carbamates (subject to hydrolysis) is 1. The van der Waals surface area contributed by atoms with Gasteiger partial charge in [-0.3, -0.25) is 9.59 Å². The second-order valence-electron chi connectivity index (χ2n) is 8.98. The molecule has 2 atom stereocenters. The number of aliphatic hydroxyl groups is 1. The molecule has 0 spiro atoms. The maximum atomic E-state index is 12.7. The zero-order valence-electron chi connectivity index (χ0n) is 18.9. The van der Waals surface area contributed by atoms with Gasteiger partial charge in [-0.2, -0.15) is 0 Å². The molecular formula is C26H30N2O6. The van der Waals surface area contributed by atoms with E-state index in [-0.39, 0.29) is 44.4 Å². The lowest BCUT2D eigenvalue weighted by Crippen LogP contribution is -2.48. The van der Waals surface area contributed by atoms with Gasteiger partial charge in [0.05, 0.1) is 0 Å². The zero-order valence-corrected chi connectivity index (χ0v) is 18.9. The van der Waals surface area contributed by atoms with Crippen LogP contribution in [0.15, 0.2) is 48.5 Å². The van der Waals surface area contributed by atoms with Crippen molar-refractivity contribution >= 4 is 18.0 Å². The molecule has 180 valence electrons. The van der Waals surface area contributed by atoms with E-state index in [1.807, 2.05) is 48.5 Å². The molecule has 2 aromatic carbocycles. The van der Waals surface area contributed by atoms with Crippen LogP contribution in [0.5, 0.6) is 0 Å². The Hall–Kier alpha value is -3.39. The molecule has 2 amide bonds. The molecule has 1 saturated carbocycles. The average Bonchev–Trinajstić information content (AvgIpc) is 3.63. The summed E-state index contributed by atoms with van der Waals surface area (Å²) < 4.78 is 5.50. The number of amides is 2. The third-order valence-corrected chi connectivity index (χ3v) is 6.66. The number of benzene rings is 2. The highest BCUT2D eigenvalue weighted by atomic mass is 16.5. The van der Waals surface area contributed by atoms with Crippen LogP contribution in [-0.4, -0.2) is 54.0 Å². The van der Waals surface area contributed by atoms with E-state index in [9.17, 15) is 19.5 Å². The normalized spacial score (nSPS) is 16.1. The maximum absolute atomic E-state index is 12.7. The van der Waals surface area contributed by atoms with Crippen molar-refractivity contribution in [1.82, 2.24) is 10.6 Å². The fraction of sp³-hybridized carbons (Fsp3) is 0.423. The minimum absolute atomic E-state index is 0.0233. The van der Waals surface area contributed by atoms with Gasteiger partial charge in [-0.1, -0.05) is 48.5 Å². The van der Waals surface area contributed by atoms with Gasteiger partial charge >= 0.3 is 12.1 Å². The van der Waals surface area contributed by atoms with E-state index in [0.29, 0.717) is 5.92 Å². The van der Waals surface area contributed by atoms with Crippen molar-refractivity contribution in [3.05, 3.63) is 59.7 Å². The van der Waals surface area contributed by atoms with Gasteiger partial charge < -0.3 is 25.6 Å². The average molecular weight is 467 g/mol. The van der Waals surface area contributed by atoms with E-state index in [2.05, 4.69) is 10.6 Å². The summed E-state index contributed by atoms with van der Waals surface area (Å²) >= 11 is 0. The Labute approximate surface area is 198 Å². The van der Waals surface area contributed by atoms with Crippen LogP contribution >= 0.6 is 0 Å². The number of rotatable bonds is 11. The smallest absolute Gasteiger partial charge is 0.407 e. The molecule has 2 aromatic rings. The quantitative estimate of drug-likeness (QED) is 0.404. The first-order chi connectivity index (χ1) is 16.5. The topological polar surface area (TPSA) is 125 Å². The number of fused-ring (bicyclic) bond motifs is 3. The number of hydrogen-bond donors (Lipinski definition) is 4. The highest BCUT2D eigenvalue weighted by molar-refractivity contribution is 5.86. The highest BCUT2D eigenvalue weighted by Gasteiger charge is 2.32. The molecule has 4 N–H and O–H groups in total. The number of carboxylic acids is 1. The summed E-state index contributed by atoms with van der Waals surface area (Å²) in [6.07, 6.45) is 0.962. The van der Waals surface area contributed by atoms with Crippen LogP contribution in [0.2, 0.25) is 0 Å². The van der Waals surface area contributed by atoms with Gasteiger partial charge in [-0.15, -0.1) is 0 Å². The van der Waals surface area contributed by atoms with E-state index < -0.39 is 24.0 Å². The molecule has 8 nitrogen and oxygen atoms in total. The van der Waals surface area contributed by atoms with Gasteiger partial charge in [0.15, 0.2) is 0 Å². The molecule has 0 saturated heterocycles. The summed E-state index contributed by atoms with van der Waals surface area (Å²) in [4.78, 5) is 36.3. The van der Waals surface area contributed by atoms with E-state index in [1.165, 1.54) is 0 Å². The standard InChI is InChI=1S/C26H30N2O6/c29-14-17(16-9-10-16)13-27-25(32)23(11-12-24(30)31)28-26(33)34-15-22-20-7-3-1-5-18(20)19-6-2-4-8-21(19)22/h1-8,16-17,22-23,29H,9-15H2,(H,27,32)(H,28,33)(H,30,31). The van der Waals surface area contributed by atoms with Crippen molar-refractivity contribution in [2.45, 2.75) is 37.6 Å². The lowest BCUT2D eigenvalue weighted by molar-refractivity contribution is -0.137. The molecule has 2 aliphatic carbocycles. The minimum Gasteiger partial charge on any atom is -0.481 e. The molecule has 4 rings (SSSR count). The predicted octanol–water partition coefficient (Wildman–Crippen LogP) is 2.89. The van der Waals surface area contributed by atoms with Gasteiger partial charge in [0.25, 0.3) is 0 Å². The zero-order chi connectivity index (χ0) is 24.1. The molecule has 0 radical (unpaired) electrons. The highest BCUT2D eigenvalue weighted by Crippen LogP contribution is 2.44. The number of carboxylic acid groups (broad SMARTS) is 1. The van der Waals surface area contributed by atoms with Crippen LogP contribution in [0.25, 0.3) is 11.1 Å². The number of carbonyl (C=O) groups is 3. The third kappa shape index (κ3) is 5.56. The SMILES string of the molecule is O=C(O)CCC(NC(=O)OCC1c2ccccc2-c2ccccc21)C(=O)NCC(CO)C1CC1. The van der Waals surface area contributed by atoms with E-state index in [0.717, 1.165) is 35.1 Å². The Morgan fingerprint density at radius 1 is 1.00 bits per heavy atom. The minimum atomic E-state index is -1.06. The predicted molar refractivity (Wildman–Crippen MR) is 125 cm³/mol. The number of hydrogen-bond acceptors (Lipinski definition) is 5. The Kier molecular flexibility index (Phi) is 7.47. The summed E-state index contributed by atoms with van der Waals surface area (Å²) in [7, 11) is 0. The first kappa shape index (κ1) is 23.8. The van der Waals surface area contributed by atoms with E-state index >= 15 is 0 Å². The number of aliphatic carboxylic acids is 1. The molecule has 34 heavy (non-hydrogen) atoms. The van der Waals surface area contributed by atoms with E-state index in [1.54, 1.807) is 0 Å². The molecule has 2 unspecified atom stereocenters. The molecular weight excluding hydrogens is 436 g/mol. The molecule has 0 aromatic heterocycles. The van der Waals surface area contributed by atoms with Gasteiger partial charge in [-0.05, 0) is 47.4 Å². The fourth-order valence-electron chi connectivity index (χ4n) is 4.62. The molecule has 0 heterocycles. The van der Waals surface area contributed by atoms with Crippen molar-refractivity contribution in [3.63, 3.8) is 0 Å². The van der Waals surface area contributed by atoms with Crippen LogP contribution in [0.3, 0.4) is 0 Å². The van der Waals surface area contributed by atoms with Crippen molar-refractivity contribution in [3.8, 4) is 11.1 Å². The summed E-state index contributed by atoms with van der Waals surface area (Å²) in [6.45, 7) is 0.363. The second-order valence-corrected chi connectivity index (χ2v) is 8.98. The van der Waals surface area contributed by atoms with Gasteiger partial charge in [-0.25, -0.2) is 4.79 Å². The van der Waals surface area contributed by atoms with Crippen LogP contribution in [0.4, 0.5) is 4.79 Å². The third-order valence-electron chi connectivity index (χ3n) is 6.66. The first-order valence-corrected chi connectivity index (χ1v) is 11.7. The molecule has 1 fully saturated rings. The van der Waals surface area contributed by atoms with Crippen LogP contribution in [0, 0.1) is 11.8 Å². The lowest BCUT2D eigenvalue weighted by Gasteiger charge is -2.21. The van der Waals surface area contributed by atoms with Gasteiger partial charge in [0.2, 0.25) is 5.91 Å². The van der Waals surface area contributed by atoms with Crippen LogP contribution < -0.4 is 10.6 Å². The van der Waals surface area contributed by atoms with Gasteiger partial charge in [0.1, 0.15) is 12.6 Å². The van der Waals surface area contributed by atoms with Crippen molar-refractivity contribution < 1.29 is 29.3 Å². The summed E-state index contributed by atoms with van der Waals surface area (Å²) in [6, 6.07) is 14.9. The monoisotopic (exact) mass is 466 g/mol. The van der Waals surface area contributed by atoms with Crippen molar-refractivity contribution in [2.24, 2.45) is 11.8 Å². The number of carbonyl (C=O) groups excluding carboxylic acids is 2. The Balaban J connectivity index is 1.37. The Bertz CT molecular complexity index is 1010. The van der Waals surface area contributed by atoms with Crippen molar-refractivity contribution in [2.75, 3.05) is 19.8 Å². The molecule has 0 aliphatic heterocycles. The molecule has 2 aliphatic rings. The Morgan fingerprint density at radius 3 is 2.18 bits per heavy atom. The molecule has 8 heteroatoms. The first-order valence-electron chi connectivity index (χ1n) is 11.7. The largest absolute Gasteiger partial charge is 0.481 e. The number of aliphatic hydroxyl groups excluding tert-OH is 1. The van der Waals surface area contributed by atoms with Crippen molar-refractivity contribution in [1.29, 1.82) is 0 Å². The fourth-order valence-corrected chi connectivity index (χ4v) is 4.62. The van der Waals surface area contributed by atoms with Gasteiger partial charge in [0, 0.05) is 31.4 Å². The maximum Gasteiger partial charge on any atom is 0.407 e.